The van der Waals surface area contributed by atoms with Gasteiger partial charge < -0.3 is 17.7 Å². The van der Waals surface area contributed by atoms with E-state index in [1.165, 1.54) is 96.3 Å². The minimum atomic E-state index is -3.09. The van der Waals surface area contributed by atoms with Crippen LogP contribution in [0.1, 0.15) is 143 Å². The van der Waals surface area contributed by atoms with Crippen LogP contribution in [0.3, 0.4) is 0 Å². The molecular formula is C27H58O4SSi. The summed E-state index contributed by atoms with van der Waals surface area (Å²) in [4.78, 5) is 0. The van der Waals surface area contributed by atoms with Gasteiger partial charge in [-0.3, -0.25) is 0 Å². The molecule has 0 spiro atoms. The molecule has 0 N–H and O–H groups in total. The zero-order valence-corrected chi connectivity index (χ0v) is 24.4. The Balaban J connectivity index is 4.61. The average molecular weight is 507 g/mol. The first-order valence-corrected chi connectivity index (χ1v) is 16.7. The molecule has 200 valence electrons. The van der Waals surface area contributed by atoms with E-state index in [4.69, 9.17) is 17.7 Å². The van der Waals surface area contributed by atoms with Crippen LogP contribution in [0.15, 0.2) is 0 Å². The number of hydrogen-bond donors (Lipinski definition) is 1. The van der Waals surface area contributed by atoms with Gasteiger partial charge in [-0.15, -0.1) is 0 Å². The smallest absolute Gasteiger partial charge is 0.351 e. The van der Waals surface area contributed by atoms with Crippen molar-refractivity contribution >= 4 is 21.7 Å². The molecule has 0 saturated heterocycles. The molecule has 4 nitrogen and oxygen atoms in total. The normalized spacial score (nSPS) is 12.0. The highest BCUT2D eigenvalue weighted by molar-refractivity contribution is 7.80. The van der Waals surface area contributed by atoms with Crippen molar-refractivity contribution in [2.24, 2.45) is 0 Å². The van der Waals surface area contributed by atoms with Crippen molar-refractivity contribution in [3.63, 3.8) is 0 Å². The third-order valence-corrected chi connectivity index (χ3v) is 8.46. The van der Waals surface area contributed by atoms with E-state index in [-0.39, 0.29) is 0 Å². The summed E-state index contributed by atoms with van der Waals surface area (Å²) in [5.41, 5.74) is 0. The van der Waals surface area contributed by atoms with Crippen LogP contribution >= 0.6 is 12.6 Å². The summed E-state index contributed by atoms with van der Waals surface area (Å²) < 4.78 is 25.2. The molecule has 0 unspecified atom stereocenters. The van der Waals surface area contributed by atoms with Crippen molar-refractivity contribution in [2.45, 2.75) is 143 Å². The van der Waals surface area contributed by atoms with Crippen molar-refractivity contribution < 1.29 is 17.7 Å². The van der Waals surface area contributed by atoms with E-state index in [0.29, 0.717) is 26.4 Å². The zero-order valence-electron chi connectivity index (χ0n) is 22.6. The van der Waals surface area contributed by atoms with Gasteiger partial charge in [0.25, 0.3) is 0 Å². The van der Waals surface area contributed by atoms with Crippen molar-refractivity contribution in [3.8, 4) is 0 Å². The Kier molecular flexibility index (Phi) is 27.3. The van der Waals surface area contributed by atoms with E-state index in [0.717, 1.165) is 31.4 Å². The van der Waals surface area contributed by atoms with Gasteiger partial charge in [0, 0.05) is 26.4 Å². The van der Waals surface area contributed by atoms with Gasteiger partial charge in [0.15, 0.2) is 0 Å². The molecule has 0 aliphatic rings. The van der Waals surface area contributed by atoms with Crippen LogP contribution in [0.5, 0.6) is 0 Å². The van der Waals surface area contributed by atoms with Crippen LogP contribution in [0, 0.1) is 0 Å². The highest BCUT2D eigenvalue weighted by Gasteiger charge is 2.45. The van der Waals surface area contributed by atoms with E-state index in [1.54, 1.807) is 0 Å². The minimum Gasteiger partial charge on any atom is -0.351 e. The van der Waals surface area contributed by atoms with Gasteiger partial charge in [-0.2, -0.15) is 12.6 Å². The van der Waals surface area contributed by atoms with E-state index in [9.17, 15) is 0 Å². The predicted molar refractivity (Wildman–Crippen MR) is 148 cm³/mol. The molecule has 0 saturated carbocycles. The second-order valence-corrected chi connectivity index (χ2v) is 11.9. The molecule has 0 radical (unpaired) electrons. The SMILES string of the molecule is CCCCCCCCO[Si](OCCCS)(OCCCCCCCC)OCCCCCCCC. The molecule has 0 aromatic heterocycles. The molecule has 0 bridgehead atoms. The number of rotatable bonds is 28. The molecule has 0 aromatic carbocycles. The average Bonchev–Trinajstić information content (AvgIpc) is 2.82. The largest absolute Gasteiger partial charge is 0.679 e. The number of thiol groups is 1. The van der Waals surface area contributed by atoms with Crippen molar-refractivity contribution in [2.75, 3.05) is 32.2 Å². The second-order valence-electron chi connectivity index (χ2n) is 9.27. The lowest BCUT2D eigenvalue weighted by Crippen LogP contribution is -2.50. The first kappa shape index (κ1) is 33.4. The Morgan fingerprint density at radius 2 is 0.667 bits per heavy atom. The van der Waals surface area contributed by atoms with Crippen molar-refractivity contribution in [3.05, 3.63) is 0 Å². The number of unbranched alkanes of at least 4 members (excludes halogenated alkanes) is 15. The molecule has 6 heteroatoms. The molecule has 0 amide bonds. The van der Waals surface area contributed by atoms with Crippen molar-refractivity contribution in [1.82, 2.24) is 0 Å². The van der Waals surface area contributed by atoms with Gasteiger partial charge in [0.1, 0.15) is 0 Å². The Hall–Kier alpha value is 0.407. The summed E-state index contributed by atoms with van der Waals surface area (Å²) in [5.74, 6) is 0.802. The standard InChI is InChI=1S/C27H58O4SSi/c1-4-7-10-13-16-19-23-28-33(31-26-22-27-32,29-24-20-17-14-11-8-5-2)30-25-21-18-15-12-9-6-3/h32H,4-27H2,1-3H3. The lowest BCUT2D eigenvalue weighted by Gasteiger charge is -2.28. The van der Waals surface area contributed by atoms with Gasteiger partial charge >= 0.3 is 9.05 Å². The summed E-state index contributed by atoms with van der Waals surface area (Å²) >= 11 is 4.34. The Morgan fingerprint density at radius 1 is 0.394 bits per heavy atom. The zero-order chi connectivity index (χ0) is 24.3. The molecule has 0 fully saturated rings. The van der Waals surface area contributed by atoms with Gasteiger partial charge in [-0.25, -0.2) is 0 Å². The molecule has 0 aromatic rings. The second kappa shape index (κ2) is 27.0. The summed E-state index contributed by atoms with van der Waals surface area (Å²) in [6.45, 7) is 9.39. The predicted octanol–water partition coefficient (Wildman–Crippen LogP) is 8.89. The lowest BCUT2D eigenvalue weighted by molar-refractivity contribution is -0.0367. The maximum absolute atomic E-state index is 6.32. The topological polar surface area (TPSA) is 36.9 Å². The van der Waals surface area contributed by atoms with E-state index < -0.39 is 9.05 Å². The Labute approximate surface area is 214 Å². The third-order valence-electron chi connectivity index (χ3n) is 5.91. The number of hydrogen-bond acceptors (Lipinski definition) is 5. The van der Waals surface area contributed by atoms with Gasteiger partial charge in [0.2, 0.25) is 0 Å². The van der Waals surface area contributed by atoms with Gasteiger partial charge in [-0.05, 0) is 31.4 Å². The van der Waals surface area contributed by atoms with E-state index in [2.05, 4.69) is 33.4 Å². The molecule has 0 rings (SSSR count). The first-order valence-electron chi connectivity index (χ1n) is 14.4. The lowest BCUT2D eigenvalue weighted by atomic mass is 10.1. The summed E-state index contributed by atoms with van der Waals surface area (Å²) in [6, 6.07) is 0. The molecule has 0 aliphatic heterocycles. The van der Waals surface area contributed by atoms with E-state index in [1.807, 2.05) is 0 Å². The highest BCUT2D eigenvalue weighted by atomic mass is 32.1. The summed E-state index contributed by atoms with van der Waals surface area (Å²) in [7, 11) is -3.09. The van der Waals surface area contributed by atoms with Crippen molar-refractivity contribution in [1.29, 1.82) is 0 Å². The van der Waals surface area contributed by atoms with Crippen LogP contribution in [-0.2, 0) is 17.7 Å². The Morgan fingerprint density at radius 3 is 0.970 bits per heavy atom. The molecule has 0 heterocycles. The summed E-state index contributed by atoms with van der Waals surface area (Å²) in [5, 5.41) is 0. The molecule has 0 atom stereocenters. The van der Waals surface area contributed by atoms with Crippen LogP contribution in [-0.4, -0.2) is 41.2 Å². The summed E-state index contributed by atoms with van der Waals surface area (Å²) in [6.07, 6.45) is 23.3. The fourth-order valence-electron chi connectivity index (χ4n) is 3.75. The maximum Gasteiger partial charge on any atom is 0.679 e. The fourth-order valence-corrected chi connectivity index (χ4v) is 5.96. The maximum atomic E-state index is 6.32. The van der Waals surface area contributed by atoms with Crippen LogP contribution in [0.4, 0.5) is 0 Å². The Bertz CT molecular complexity index is 328. The monoisotopic (exact) mass is 506 g/mol. The first-order chi connectivity index (χ1) is 16.2. The fraction of sp³-hybridized carbons (Fsp3) is 1.00. The van der Waals surface area contributed by atoms with Crippen LogP contribution < -0.4 is 0 Å². The highest BCUT2D eigenvalue weighted by Crippen LogP contribution is 2.18. The quantitative estimate of drug-likeness (QED) is 0.0653. The molecule has 33 heavy (non-hydrogen) atoms. The minimum absolute atomic E-state index is 0.596. The van der Waals surface area contributed by atoms with Gasteiger partial charge in [0.05, 0.1) is 0 Å². The molecular weight excluding hydrogens is 448 g/mol. The van der Waals surface area contributed by atoms with Gasteiger partial charge in [-0.1, -0.05) is 117 Å². The van der Waals surface area contributed by atoms with Crippen LogP contribution in [0.2, 0.25) is 0 Å². The molecule has 0 aliphatic carbocycles. The van der Waals surface area contributed by atoms with Crippen LogP contribution in [0.25, 0.3) is 0 Å². The van der Waals surface area contributed by atoms with E-state index >= 15 is 0 Å². The third kappa shape index (κ3) is 22.6.